The van der Waals surface area contributed by atoms with Gasteiger partial charge in [0.15, 0.2) is 0 Å². The monoisotopic (exact) mass is 519 g/mol. The number of anilines is 1. The zero-order valence-electron chi connectivity index (χ0n) is 17.9. The number of benzene rings is 2. The van der Waals surface area contributed by atoms with Crippen LogP contribution in [-0.2, 0) is 16.6 Å². The van der Waals surface area contributed by atoms with Gasteiger partial charge in [-0.2, -0.15) is 0 Å². The van der Waals surface area contributed by atoms with Gasteiger partial charge in [0.2, 0.25) is 0 Å². The summed E-state index contributed by atoms with van der Waals surface area (Å²) in [6.07, 6.45) is 6.68. The fourth-order valence-electron chi connectivity index (χ4n) is 4.36. The van der Waals surface area contributed by atoms with Crippen molar-refractivity contribution in [1.82, 2.24) is 9.21 Å². The Balaban J connectivity index is 1.56. The number of rotatable bonds is 4. The first kappa shape index (κ1) is 22.8. The van der Waals surface area contributed by atoms with Crippen LogP contribution in [0.4, 0.5) is 10.5 Å². The van der Waals surface area contributed by atoms with Gasteiger partial charge in [0, 0.05) is 23.1 Å². The Kier molecular flexibility index (Phi) is 6.57. The summed E-state index contributed by atoms with van der Waals surface area (Å²) in [5.41, 5.74) is 1.32. The molecule has 0 bridgehead atoms. The van der Waals surface area contributed by atoms with E-state index in [2.05, 4.69) is 21.2 Å². The van der Waals surface area contributed by atoms with E-state index in [-0.39, 0.29) is 29.1 Å². The quantitative estimate of drug-likeness (QED) is 0.577. The van der Waals surface area contributed by atoms with Crippen LogP contribution in [0, 0.1) is 0 Å². The molecule has 1 heterocycles. The van der Waals surface area contributed by atoms with Crippen molar-refractivity contribution in [3.05, 3.63) is 58.1 Å². The number of hydrogen-bond acceptors (Lipinski definition) is 4. The molecule has 3 amide bonds. The topological polar surface area (TPSA) is 86.8 Å². The van der Waals surface area contributed by atoms with E-state index in [0.717, 1.165) is 30.0 Å². The first-order chi connectivity index (χ1) is 15.3. The second-order valence-electron chi connectivity index (χ2n) is 8.34. The number of amides is 3. The maximum absolute atomic E-state index is 13.1. The van der Waals surface area contributed by atoms with E-state index in [9.17, 15) is 18.0 Å². The van der Waals surface area contributed by atoms with Gasteiger partial charge in [-0.05, 0) is 48.7 Å². The Morgan fingerprint density at radius 2 is 1.84 bits per heavy atom. The number of nitrogens with one attached hydrogen (secondary N) is 1. The fourth-order valence-corrected chi connectivity index (χ4v) is 6.36. The summed E-state index contributed by atoms with van der Waals surface area (Å²) in [6.45, 7) is -0.158. The molecule has 1 aliphatic heterocycles. The van der Waals surface area contributed by atoms with Gasteiger partial charge in [0.25, 0.3) is 15.9 Å². The highest BCUT2D eigenvalue weighted by molar-refractivity contribution is 9.10. The van der Waals surface area contributed by atoms with E-state index in [1.807, 2.05) is 11.9 Å². The minimum Gasteiger partial charge on any atom is -0.339 e. The molecule has 32 heavy (non-hydrogen) atoms. The van der Waals surface area contributed by atoms with E-state index in [4.69, 9.17) is 0 Å². The summed E-state index contributed by atoms with van der Waals surface area (Å²) < 4.78 is 27.6. The molecule has 0 saturated heterocycles. The van der Waals surface area contributed by atoms with Gasteiger partial charge in [-0.25, -0.2) is 17.5 Å². The Hall–Kier alpha value is -2.39. The average molecular weight is 520 g/mol. The summed E-state index contributed by atoms with van der Waals surface area (Å²) in [6, 6.07) is 11.1. The molecule has 2 aromatic carbocycles. The third kappa shape index (κ3) is 4.54. The zero-order valence-corrected chi connectivity index (χ0v) is 20.3. The highest BCUT2D eigenvalue weighted by atomic mass is 79.9. The van der Waals surface area contributed by atoms with Crippen molar-refractivity contribution in [2.45, 2.75) is 56.0 Å². The summed E-state index contributed by atoms with van der Waals surface area (Å²) in [4.78, 5) is 27.5. The lowest BCUT2D eigenvalue weighted by atomic mass is 10.1. The normalized spacial score (nSPS) is 18.4. The van der Waals surface area contributed by atoms with Crippen LogP contribution in [-0.4, -0.2) is 42.7 Å². The van der Waals surface area contributed by atoms with Crippen LogP contribution < -0.4 is 5.32 Å². The summed E-state index contributed by atoms with van der Waals surface area (Å²) in [5.74, 6) is -0.0843. The zero-order chi connectivity index (χ0) is 22.9. The number of carbonyl (C=O) groups is 2. The van der Waals surface area contributed by atoms with E-state index in [0.29, 0.717) is 15.6 Å². The molecule has 9 heteroatoms. The Morgan fingerprint density at radius 1 is 1.12 bits per heavy atom. The molecule has 7 nitrogen and oxygen atoms in total. The van der Waals surface area contributed by atoms with Crippen LogP contribution in [0.25, 0.3) is 0 Å². The van der Waals surface area contributed by atoms with Gasteiger partial charge >= 0.3 is 6.03 Å². The Bertz CT molecular complexity index is 1140. The fraction of sp³-hybridized carbons (Fsp3) is 0.391. The van der Waals surface area contributed by atoms with E-state index < -0.39 is 16.1 Å². The lowest BCUT2D eigenvalue weighted by Gasteiger charge is -2.29. The number of urea groups is 1. The average Bonchev–Trinajstić information content (AvgIpc) is 3.06. The standard InChI is InChI=1S/C23H26BrN3O4S/c1-26(19-9-4-2-3-5-10-19)22(28)17-8-6-7-16(13-17)15-27-23(29)25-20-12-11-18(24)14-21(20)32(27,30)31/h6-8,11-14,19H,2-5,9-10,15H2,1H3,(H,25,29). The van der Waals surface area contributed by atoms with Crippen molar-refractivity contribution in [2.75, 3.05) is 12.4 Å². The van der Waals surface area contributed by atoms with Crippen LogP contribution >= 0.6 is 15.9 Å². The predicted molar refractivity (Wildman–Crippen MR) is 126 cm³/mol. The van der Waals surface area contributed by atoms with E-state index >= 15 is 0 Å². The first-order valence-corrected chi connectivity index (χ1v) is 13.0. The van der Waals surface area contributed by atoms with Crippen LogP contribution in [0.1, 0.15) is 54.4 Å². The first-order valence-electron chi connectivity index (χ1n) is 10.8. The molecule has 170 valence electrons. The number of carbonyl (C=O) groups excluding carboxylic acids is 2. The molecular formula is C23H26BrN3O4S. The molecule has 0 radical (unpaired) electrons. The maximum Gasteiger partial charge on any atom is 0.336 e. The van der Waals surface area contributed by atoms with Crippen LogP contribution in [0.2, 0.25) is 0 Å². The summed E-state index contributed by atoms with van der Waals surface area (Å²) >= 11 is 3.28. The van der Waals surface area contributed by atoms with Crippen LogP contribution in [0.3, 0.4) is 0 Å². The number of fused-ring (bicyclic) bond motifs is 1. The molecule has 1 fully saturated rings. The number of halogens is 1. The van der Waals surface area contributed by atoms with Gasteiger partial charge in [-0.3, -0.25) is 4.79 Å². The third-order valence-electron chi connectivity index (χ3n) is 6.17. The summed E-state index contributed by atoms with van der Waals surface area (Å²) in [5, 5.41) is 2.63. The van der Waals surface area contributed by atoms with Crippen molar-refractivity contribution in [2.24, 2.45) is 0 Å². The molecule has 2 aromatic rings. The molecule has 2 aliphatic rings. The molecule has 0 aromatic heterocycles. The van der Waals surface area contributed by atoms with Crippen molar-refractivity contribution in [3.63, 3.8) is 0 Å². The molecule has 1 saturated carbocycles. The highest BCUT2D eigenvalue weighted by Crippen LogP contribution is 2.33. The van der Waals surface area contributed by atoms with Crippen LogP contribution in [0.15, 0.2) is 51.8 Å². The minimum absolute atomic E-state index is 0.0341. The number of sulfonamides is 1. The predicted octanol–water partition coefficient (Wildman–Crippen LogP) is 4.98. The molecule has 0 atom stereocenters. The molecule has 0 unspecified atom stereocenters. The second-order valence-corrected chi connectivity index (χ2v) is 11.1. The Labute approximate surface area is 197 Å². The van der Waals surface area contributed by atoms with Gasteiger partial charge in [-0.15, -0.1) is 0 Å². The Morgan fingerprint density at radius 3 is 2.56 bits per heavy atom. The third-order valence-corrected chi connectivity index (χ3v) is 8.43. The lowest BCUT2D eigenvalue weighted by Crippen LogP contribution is -2.43. The maximum atomic E-state index is 13.1. The lowest BCUT2D eigenvalue weighted by molar-refractivity contribution is 0.0717. The molecular weight excluding hydrogens is 494 g/mol. The highest BCUT2D eigenvalue weighted by Gasteiger charge is 2.37. The minimum atomic E-state index is -4.03. The number of hydrogen-bond donors (Lipinski definition) is 1. The van der Waals surface area contributed by atoms with E-state index in [1.165, 1.54) is 18.9 Å². The van der Waals surface area contributed by atoms with Gasteiger partial charge in [0.05, 0.1) is 12.2 Å². The molecule has 1 N–H and O–H groups in total. The van der Waals surface area contributed by atoms with Gasteiger partial charge in [0.1, 0.15) is 4.90 Å². The molecule has 4 rings (SSSR count). The SMILES string of the molecule is CN(C(=O)c1cccc(CN2C(=O)Nc3ccc(Br)cc3S2(=O)=O)c1)C1CCCCCC1. The van der Waals surface area contributed by atoms with Crippen molar-refractivity contribution in [3.8, 4) is 0 Å². The van der Waals surface area contributed by atoms with Crippen LogP contribution in [0.5, 0.6) is 0 Å². The largest absolute Gasteiger partial charge is 0.339 e. The molecule has 1 aliphatic carbocycles. The number of nitrogens with zero attached hydrogens (tertiary/aromatic N) is 2. The summed E-state index contributed by atoms with van der Waals surface area (Å²) in [7, 11) is -2.19. The van der Waals surface area contributed by atoms with Crippen molar-refractivity contribution >= 4 is 43.6 Å². The smallest absolute Gasteiger partial charge is 0.336 e. The van der Waals surface area contributed by atoms with Crippen molar-refractivity contribution in [1.29, 1.82) is 0 Å². The van der Waals surface area contributed by atoms with Gasteiger partial charge in [-0.1, -0.05) is 53.7 Å². The second kappa shape index (κ2) is 9.23. The molecule has 0 spiro atoms. The van der Waals surface area contributed by atoms with Gasteiger partial charge < -0.3 is 10.2 Å². The van der Waals surface area contributed by atoms with Crippen molar-refractivity contribution < 1.29 is 18.0 Å². The van der Waals surface area contributed by atoms with E-state index in [1.54, 1.807) is 36.4 Å².